The van der Waals surface area contributed by atoms with E-state index in [1.807, 2.05) is 25.1 Å². The van der Waals surface area contributed by atoms with Crippen molar-refractivity contribution in [2.45, 2.75) is 18.2 Å². The van der Waals surface area contributed by atoms with Gasteiger partial charge >= 0.3 is 0 Å². The lowest BCUT2D eigenvalue weighted by atomic mass is 10.1. The predicted octanol–water partition coefficient (Wildman–Crippen LogP) is 5.04. The van der Waals surface area contributed by atoms with Crippen LogP contribution in [0.25, 0.3) is 0 Å². The van der Waals surface area contributed by atoms with Crippen LogP contribution in [0.4, 0.5) is 11.4 Å². The van der Waals surface area contributed by atoms with Gasteiger partial charge in [0.25, 0.3) is 15.9 Å². The third-order valence-corrected chi connectivity index (χ3v) is 7.20. The fraction of sp³-hybridized carbons (Fsp3) is 0.150. The molecule has 0 aliphatic carbocycles. The van der Waals surface area contributed by atoms with Crippen LogP contribution in [0.5, 0.6) is 0 Å². The van der Waals surface area contributed by atoms with E-state index in [9.17, 15) is 13.2 Å². The molecule has 1 aromatic heterocycles. The number of rotatable bonds is 6. The smallest absolute Gasteiger partial charge is 0.267 e. The van der Waals surface area contributed by atoms with Gasteiger partial charge in [0.15, 0.2) is 0 Å². The van der Waals surface area contributed by atoms with E-state index >= 15 is 0 Å². The molecule has 146 valence electrons. The van der Waals surface area contributed by atoms with E-state index in [-0.39, 0.29) is 10.8 Å². The highest BCUT2D eigenvalue weighted by Crippen LogP contribution is 2.31. The number of thiophene rings is 1. The number of carbonyl (C=O) groups excluding carboxylic acids is 1. The normalized spacial score (nSPS) is 11.2. The molecule has 0 unspecified atom stereocenters. The molecule has 0 saturated heterocycles. The van der Waals surface area contributed by atoms with Crippen LogP contribution in [0.15, 0.2) is 64.9 Å². The van der Waals surface area contributed by atoms with Gasteiger partial charge in [-0.1, -0.05) is 30.7 Å². The fourth-order valence-corrected chi connectivity index (χ4v) is 4.88. The highest BCUT2D eigenvalue weighted by molar-refractivity contribution is 7.92. The Morgan fingerprint density at radius 2 is 1.86 bits per heavy atom. The maximum absolute atomic E-state index is 12.9. The number of hydrogen-bond acceptors (Lipinski definition) is 4. The second-order valence-corrected chi connectivity index (χ2v) is 9.39. The van der Waals surface area contributed by atoms with Crippen LogP contribution in [0.1, 0.15) is 22.2 Å². The van der Waals surface area contributed by atoms with Crippen molar-refractivity contribution in [3.8, 4) is 0 Å². The zero-order valence-corrected chi connectivity index (χ0v) is 17.7. The third kappa shape index (κ3) is 4.22. The molecule has 0 aliphatic heterocycles. The van der Waals surface area contributed by atoms with Crippen LogP contribution >= 0.6 is 22.9 Å². The Bertz CT molecular complexity index is 1090. The number of nitrogens with one attached hydrogen (secondary N) is 1. The summed E-state index contributed by atoms with van der Waals surface area (Å²) >= 11 is 7.04. The summed E-state index contributed by atoms with van der Waals surface area (Å²) in [5, 5.41) is 4.99. The molecule has 0 saturated carbocycles. The predicted molar refractivity (Wildman–Crippen MR) is 115 cm³/mol. The maximum Gasteiger partial charge on any atom is 0.267 e. The van der Waals surface area contributed by atoms with Crippen molar-refractivity contribution >= 4 is 50.2 Å². The number of amides is 1. The molecule has 0 radical (unpaired) electrons. The first-order chi connectivity index (χ1) is 13.3. The first-order valence-electron chi connectivity index (χ1n) is 8.55. The molecule has 2 aromatic carbocycles. The molecule has 0 bridgehead atoms. The molecule has 0 aliphatic rings. The van der Waals surface area contributed by atoms with Gasteiger partial charge in [-0.05, 0) is 59.8 Å². The summed E-state index contributed by atoms with van der Waals surface area (Å²) in [6.45, 7) is 2.04. The summed E-state index contributed by atoms with van der Waals surface area (Å²) in [4.78, 5) is 13.2. The Labute approximate surface area is 173 Å². The molecule has 0 fully saturated rings. The lowest BCUT2D eigenvalue weighted by molar-refractivity contribution is 0.103. The van der Waals surface area contributed by atoms with Crippen LogP contribution in [0, 0.1) is 0 Å². The highest BCUT2D eigenvalue weighted by atomic mass is 35.5. The average molecular weight is 435 g/mol. The zero-order valence-electron chi connectivity index (χ0n) is 15.3. The minimum absolute atomic E-state index is 0.104. The minimum atomic E-state index is -3.82. The number of sulfonamides is 1. The van der Waals surface area contributed by atoms with Gasteiger partial charge < -0.3 is 5.32 Å². The molecule has 1 N–H and O–H groups in total. The monoisotopic (exact) mass is 434 g/mol. The van der Waals surface area contributed by atoms with Gasteiger partial charge in [0, 0.05) is 17.8 Å². The number of hydrogen-bond donors (Lipinski definition) is 1. The summed E-state index contributed by atoms with van der Waals surface area (Å²) in [7, 11) is -2.39. The minimum Gasteiger partial charge on any atom is -0.321 e. The standard InChI is InChI=1S/C20H19ClN2O3S2/c1-3-14-5-4-6-16(13-14)22-20(24)19-18(11-12-27-19)23(2)28(25,26)17-9-7-15(21)8-10-17/h4-13H,3H2,1-2H3,(H,22,24). The lowest BCUT2D eigenvalue weighted by Crippen LogP contribution is -2.28. The Balaban J connectivity index is 1.88. The van der Waals surface area contributed by atoms with Crippen LogP contribution in [0.3, 0.4) is 0 Å². The summed E-state index contributed by atoms with van der Waals surface area (Å²) < 4.78 is 26.9. The Kier molecular flexibility index (Phi) is 6.07. The molecule has 0 atom stereocenters. The van der Waals surface area contributed by atoms with E-state index in [1.54, 1.807) is 17.5 Å². The van der Waals surface area contributed by atoms with E-state index in [2.05, 4.69) is 5.32 Å². The van der Waals surface area contributed by atoms with Crippen LogP contribution in [-0.2, 0) is 16.4 Å². The SMILES string of the molecule is CCc1cccc(NC(=O)c2sccc2N(C)S(=O)(=O)c2ccc(Cl)cc2)c1. The van der Waals surface area contributed by atoms with Crippen molar-refractivity contribution in [3.63, 3.8) is 0 Å². The average Bonchev–Trinajstić information content (AvgIpc) is 3.17. The van der Waals surface area contributed by atoms with E-state index in [0.29, 0.717) is 21.3 Å². The number of halogens is 1. The van der Waals surface area contributed by atoms with Crippen LogP contribution in [-0.4, -0.2) is 21.4 Å². The number of anilines is 2. The molecule has 5 nitrogen and oxygen atoms in total. The number of nitrogens with zero attached hydrogens (tertiary/aromatic N) is 1. The van der Waals surface area contributed by atoms with Crippen molar-refractivity contribution in [2.24, 2.45) is 0 Å². The van der Waals surface area contributed by atoms with Crippen molar-refractivity contribution in [3.05, 3.63) is 75.4 Å². The number of aryl methyl sites for hydroxylation is 1. The summed E-state index contributed by atoms with van der Waals surface area (Å²) in [6, 6.07) is 15.1. The summed E-state index contributed by atoms with van der Waals surface area (Å²) in [5.74, 6) is -0.351. The van der Waals surface area contributed by atoms with Gasteiger partial charge in [0.2, 0.25) is 0 Å². The molecule has 1 amide bonds. The summed E-state index contributed by atoms with van der Waals surface area (Å²) in [5.41, 5.74) is 2.10. The first-order valence-corrected chi connectivity index (χ1v) is 11.2. The second-order valence-electron chi connectivity index (χ2n) is 6.07. The van der Waals surface area contributed by atoms with Crippen molar-refractivity contribution in [2.75, 3.05) is 16.7 Å². The van der Waals surface area contributed by atoms with Gasteiger partial charge in [-0.25, -0.2) is 8.42 Å². The molecule has 28 heavy (non-hydrogen) atoms. The summed E-state index contributed by atoms with van der Waals surface area (Å²) in [6.07, 6.45) is 0.857. The highest BCUT2D eigenvalue weighted by Gasteiger charge is 2.26. The van der Waals surface area contributed by atoms with E-state index in [4.69, 9.17) is 11.6 Å². The zero-order chi connectivity index (χ0) is 20.3. The van der Waals surface area contributed by atoms with E-state index in [1.165, 1.54) is 42.6 Å². The lowest BCUT2D eigenvalue weighted by Gasteiger charge is -2.20. The van der Waals surface area contributed by atoms with Gasteiger partial charge in [-0.15, -0.1) is 11.3 Å². The van der Waals surface area contributed by atoms with Gasteiger partial charge in [-0.3, -0.25) is 9.10 Å². The molecule has 3 aromatic rings. The van der Waals surface area contributed by atoms with Gasteiger partial charge in [0.1, 0.15) is 4.88 Å². The van der Waals surface area contributed by atoms with Crippen LogP contribution in [0.2, 0.25) is 5.02 Å². The Hall–Kier alpha value is -2.35. The second kappa shape index (κ2) is 8.34. The molecule has 1 heterocycles. The molecular weight excluding hydrogens is 416 g/mol. The molecule has 8 heteroatoms. The number of carbonyl (C=O) groups is 1. The van der Waals surface area contributed by atoms with Crippen molar-refractivity contribution in [1.82, 2.24) is 0 Å². The van der Waals surface area contributed by atoms with Gasteiger partial charge in [-0.2, -0.15) is 0 Å². The Morgan fingerprint density at radius 1 is 1.14 bits per heavy atom. The molecular formula is C20H19ClN2O3S2. The topological polar surface area (TPSA) is 66.5 Å². The first kappa shape index (κ1) is 20.4. The fourth-order valence-electron chi connectivity index (χ4n) is 2.67. The Morgan fingerprint density at radius 3 is 2.54 bits per heavy atom. The third-order valence-electron chi connectivity index (χ3n) is 4.26. The van der Waals surface area contributed by atoms with Crippen molar-refractivity contribution < 1.29 is 13.2 Å². The number of benzene rings is 2. The molecule has 3 rings (SSSR count). The maximum atomic E-state index is 12.9. The largest absolute Gasteiger partial charge is 0.321 e. The molecule has 0 spiro atoms. The van der Waals surface area contributed by atoms with E-state index < -0.39 is 10.0 Å². The van der Waals surface area contributed by atoms with Gasteiger partial charge in [0.05, 0.1) is 10.6 Å². The van der Waals surface area contributed by atoms with Crippen molar-refractivity contribution in [1.29, 1.82) is 0 Å². The van der Waals surface area contributed by atoms with Crippen LogP contribution < -0.4 is 9.62 Å². The quantitative estimate of drug-likeness (QED) is 0.590. The van der Waals surface area contributed by atoms with E-state index in [0.717, 1.165) is 16.3 Å².